The Hall–Kier alpha value is -2.30. The van der Waals surface area contributed by atoms with Gasteiger partial charge in [0, 0.05) is 21.7 Å². The molecule has 2 fully saturated rings. The molecule has 4 nitrogen and oxygen atoms in total. The molecule has 1 heterocycles. The number of aliphatic hydroxyl groups is 1. The molecule has 2 aromatic rings. The molecule has 1 aliphatic heterocycles. The zero-order valence-electron chi connectivity index (χ0n) is 15.1. The molecular formula is C22H19Cl2NO3. The SMILES string of the molecule is O=C1C(=O)N(C2CCCC2)C(c2ccc(Cl)cc2)/C1=C(/O)c1cccc(Cl)c1. The van der Waals surface area contributed by atoms with Crippen molar-refractivity contribution in [2.24, 2.45) is 0 Å². The van der Waals surface area contributed by atoms with E-state index in [4.69, 9.17) is 23.2 Å². The molecule has 1 saturated carbocycles. The first kappa shape index (κ1) is 19.0. The predicted octanol–water partition coefficient (Wildman–Crippen LogP) is 5.36. The molecule has 0 spiro atoms. The smallest absolute Gasteiger partial charge is 0.295 e. The third-order valence-corrected chi connectivity index (χ3v) is 5.97. The summed E-state index contributed by atoms with van der Waals surface area (Å²) in [4.78, 5) is 27.5. The largest absolute Gasteiger partial charge is 0.507 e. The number of nitrogens with zero attached hydrogens (tertiary/aromatic N) is 1. The van der Waals surface area contributed by atoms with Crippen molar-refractivity contribution in [1.82, 2.24) is 4.90 Å². The third-order valence-electron chi connectivity index (χ3n) is 5.48. The number of halogens is 2. The van der Waals surface area contributed by atoms with Gasteiger partial charge in [0.1, 0.15) is 5.76 Å². The number of benzene rings is 2. The molecule has 1 atom stereocenters. The second kappa shape index (κ2) is 7.61. The quantitative estimate of drug-likeness (QED) is 0.417. The van der Waals surface area contributed by atoms with E-state index in [0.29, 0.717) is 15.6 Å². The van der Waals surface area contributed by atoms with Crippen LogP contribution in [0.2, 0.25) is 10.0 Å². The Morgan fingerprint density at radius 3 is 2.29 bits per heavy atom. The second-order valence-corrected chi connectivity index (χ2v) is 8.08. The van der Waals surface area contributed by atoms with E-state index in [9.17, 15) is 14.7 Å². The Labute approximate surface area is 173 Å². The highest BCUT2D eigenvalue weighted by Gasteiger charge is 2.49. The first-order valence-electron chi connectivity index (χ1n) is 9.29. The van der Waals surface area contributed by atoms with Crippen LogP contribution in [-0.4, -0.2) is 27.7 Å². The van der Waals surface area contributed by atoms with E-state index >= 15 is 0 Å². The van der Waals surface area contributed by atoms with Crippen LogP contribution in [0.1, 0.15) is 42.9 Å². The Kier molecular flexibility index (Phi) is 5.17. The first-order chi connectivity index (χ1) is 13.5. The molecule has 28 heavy (non-hydrogen) atoms. The summed E-state index contributed by atoms with van der Waals surface area (Å²) in [6.45, 7) is 0. The van der Waals surface area contributed by atoms with Gasteiger partial charge in [-0.1, -0.05) is 60.3 Å². The number of aliphatic hydroxyl groups excluding tert-OH is 1. The molecule has 1 unspecified atom stereocenters. The van der Waals surface area contributed by atoms with Crippen LogP contribution in [0, 0.1) is 0 Å². The predicted molar refractivity (Wildman–Crippen MR) is 109 cm³/mol. The Morgan fingerprint density at radius 2 is 1.64 bits per heavy atom. The molecule has 2 aromatic carbocycles. The van der Waals surface area contributed by atoms with Crippen molar-refractivity contribution in [3.63, 3.8) is 0 Å². The Bertz CT molecular complexity index is 962. The number of carbonyl (C=O) groups excluding carboxylic acids is 2. The summed E-state index contributed by atoms with van der Waals surface area (Å²) >= 11 is 12.1. The summed E-state index contributed by atoms with van der Waals surface area (Å²) < 4.78 is 0. The molecule has 1 amide bonds. The summed E-state index contributed by atoms with van der Waals surface area (Å²) in [5, 5.41) is 12.0. The lowest BCUT2D eigenvalue weighted by Gasteiger charge is -2.30. The van der Waals surface area contributed by atoms with Gasteiger partial charge in [-0.3, -0.25) is 9.59 Å². The van der Waals surface area contributed by atoms with Crippen LogP contribution in [0.4, 0.5) is 0 Å². The molecule has 2 aliphatic rings. The van der Waals surface area contributed by atoms with Gasteiger partial charge in [-0.2, -0.15) is 0 Å². The second-order valence-electron chi connectivity index (χ2n) is 7.21. The molecular weight excluding hydrogens is 397 g/mol. The monoisotopic (exact) mass is 415 g/mol. The van der Waals surface area contributed by atoms with Crippen LogP contribution < -0.4 is 0 Å². The van der Waals surface area contributed by atoms with Crippen molar-refractivity contribution >= 4 is 40.7 Å². The lowest BCUT2D eigenvalue weighted by atomic mass is 9.94. The van der Waals surface area contributed by atoms with Crippen LogP contribution >= 0.6 is 23.2 Å². The molecule has 4 rings (SSSR count). The lowest BCUT2D eigenvalue weighted by molar-refractivity contribution is -0.141. The number of hydrogen-bond donors (Lipinski definition) is 1. The summed E-state index contributed by atoms with van der Waals surface area (Å²) in [5.41, 5.74) is 1.26. The number of hydrogen-bond acceptors (Lipinski definition) is 3. The molecule has 0 aromatic heterocycles. The normalized spacial score (nSPS) is 22.2. The number of carbonyl (C=O) groups is 2. The number of ketones is 1. The summed E-state index contributed by atoms with van der Waals surface area (Å²) in [6.07, 6.45) is 3.76. The highest BCUT2D eigenvalue weighted by Crippen LogP contribution is 2.43. The Morgan fingerprint density at radius 1 is 0.964 bits per heavy atom. The standard InChI is InChI=1S/C22H19Cl2NO3/c23-15-10-8-13(9-11-15)19-18(20(26)14-4-3-5-16(24)12-14)21(27)22(28)25(19)17-6-1-2-7-17/h3-5,8-12,17,19,26H,1-2,6-7H2/b20-18-. The van der Waals surface area contributed by atoms with Gasteiger partial charge in [-0.25, -0.2) is 0 Å². The minimum Gasteiger partial charge on any atom is -0.507 e. The van der Waals surface area contributed by atoms with Crippen molar-refractivity contribution in [2.75, 3.05) is 0 Å². The van der Waals surface area contributed by atoms with Crippen LogP contribution in [-0.2, 0) is 9.59 Å². The van der Waals surface area contributed by atoms with Gasteiger partial charge in [-0.15, -0.1) is 0 Å². The number of rotatable bonds is 3. The molecule has 0 radical (unpaired) electrons. The van der Waals surface area contributed by atoms with E-state index in [1.807, 2.05) is 0 Å². The van der Waals surface area contributed by atoms with E-state index < -0.39 is 17.7 Å². The Balaban J connectivity index is 1.89. The zero-order chi connectivity index (χ0) is 19.8. The third kappa shape index (κ3) is 3.31. The highest BCUT2D eigenvalue weighted by atomic mass is 35.5. The highest BCUT2D eigenvalue weighted by molar-refractivity contribution is 6.46. The number of Topliss-reactive ketones (excluding diaryl/α,β-unsaturated/α-hetero) is 1. The summed E-state index contributed by atoms with van der Waals surface area (Å²) in [5.74, 6) is -1.43. The lowest BCUT2D eigenvalue weighted by Crippen LogP contribution is -2.37. The van der Waals surface area contributed by atoms with Crippen LogP contribution in [0.5, 0.6) is 0 Å². The maximum Gasteiger partial charge on any atom is 0.295 e. The minimum atomic E-state index is -0.663. The van der Waals surface area contributed by atoms with E-state index in [-0.39, 0.29) is 17.4 Å². The number of likely N-dealkylation sites (tertiary alicyclic amines) is 1. The fourth-order valence-electron chi connectivity index (χ4n) is 4.17. The summed E-state index contributed by atoms with van der Waals surface area (Å²) in [7, 11) is 0. The van der Waals surface area contributed by atoms with Gasteiger partial charge in [0.15, 0.2) is 0 Å². The van der Waals surface area contributed by atoms with E-state index in [1.54, 1.807) is 53.4 Å². The van der Waals surface area contributed by atoms with Gasteiger partial charge >= 0.3 is 0 Å². The molecule has 144 valence electrons. The van der Waals surface area contributed by atoms with E-state index in [0.717, 1.165) is 31.2 Å². The van der Waals surface area contributed by atoms with Crippen molar-refractivity contribution < 1.29 is 14.7 Å². The summed E-state index contributed by atoms with van der Waals surface area (Å²) in [6, 6.07) is 13.0. The first-order valence-corrected chi connectivity index (χ1v) is 10.0. The van der Waals surface area contributed by atoms with Crippen molar-refractivity contribution in [3.05, 3.63) is 75.3 Å². The van der Waals surface area contributed by atoms with Gasteiger partial charge in [0.2, 0.25) is 0 Å². The van der Waals surface area contributed by atoms with Crippen LogP contribution in [0.15, 0.2) is 54.1 Å². The molecule has 1 N–H and O–H groups in total. The molecule has 6 heteroatoms. The fourth-order valence-corrected chi connectivity index (χ4v) is 4.49. The maximum absolute atomic E-state index is 13.0. The van der Waals surface area contributed by atoms with Crippen LogP contribution in [0.25, 0.3) is 5.76 Å². The molecule has 1 aliphatic carbocycles. The molecule has 1 saturated heterocycles. The average Bonchev–Trinajstić information content (AvgIpc) is 3.29. The van der Waals surface area contributed by atoms with Gasteiger partial charge in [0.25, 0.3) is 11.7 Å². The fraction of sp³-hybridized carbons (Fsp3) is 0.273. The van der Waals surface area contributed by atoms with Crippen molar-refractivity contribution in [2.45, 2.75) is 37.8 Å². The maximum atomic E-state index is 13.0. The van der Waals surface area contributed by atoms with Gasteiger partial charge in [0.05, 0.1) is 11.6 Å². The van der Waals surface area contributed by atoms with Gasteiger partial charge < -0.3 is 10.0 Å². The molecule has 0 bridgehead atoms. The zero-order valence-corrected chi connectivity index (χ0v) is 16.6. The van der Waals surface area contributed by atoms with Crippen LogP contribution in [0.3, 0.4) is 0 Å². The van der Waals surface area contributed by atoms with Crippen molar-refractivity contribution in [3.8, 4) is 0 Å². The van der Waals surface area contributed by atoms with E-state index in [1.165, 1.54) is 0 Å². The number of amides is 1. The minimum absolute atomic E-state index is 0.0122. The topological polar surface area (TPSA) is 57.6 Å². The average molecular weight is 416 g/mol. The van der Waals surface area contributed by atoms with Crippen molar-refractivity contribution in [1.29, 1.82) is 0 Å². The van der Waals surface area contributed by atoms with Gasteiger partial charge in [-0.05, 0) is 42.7 Å². The van der Waals surface area contributed by atoms with E-state index in [2.05, 4.69) is 0 Å².